The van der Waals surface area contributed by atoms with Gasteiger partial charge in [-0.1, -0.05) is 36.0 Å². The molecule has 0 aliphatic rings. The predicted molar refractivity (Wildman–Crippen MR) is 93.6 cm³/mol. The molecule has 128 valence electrons. The van der Waals surface area contributed by atoms with Crippen molar-refractivity contribution in [3.63, 3.8) is 0 Å². The van der Waals surface area contributed by atoms with Crippen LogP contribution in [0.5, 0.6) is 0 Å². The number of hydrogen-bond donors (Lipinski definition) is 0. The Morgan fingerprint density at radius 2 is 2.08 bits per heavy atom. The van der Waals surface area contributed by atoms with Crippen molar-refractivity contribution in [2.75, 3.05) is 0 Å². The molecule has 0 saturated carbocycles. The Morgan fingerprint density at radius 3 is 2.84 bits per heavy atom. The van der Waals surface area contributed by atoms with Gasteiger partial charge in [0.1, 0.15) is 0 Å². The number of aromatic nitrogens is 6. The average Bonchev–Trinajstić information content (AvgIpc) is 3.23. The van der Waals surface area contributed by atoms with Gasteiger partial charge >= 0.3 is 0 Å². The lowest BCUT2D eigenvalue weighted by Gasteiger charge is -2.10. The maximum atomic E-state index is 12.8. The van der Waals surface area contributed by atoms with Gasteiger partial charge in [-0.05, 0) is 25.5 Å². The predicted octanol–water partition coefficient (Wildman–Crippen LogP) is 2.44. The van der Waals surface area contributed by atoms with E-state index in [1.54, 1.807) is 11.5 Å². The maximum Gasteiger partial charge on any atom is 0.262 e. The molecule has 8 nitrogen and oxygen atoms in total. The van der Waals surface area contributed by atoms with Gasteiger partial charge in [-0.15, -0.1) is 10.2 Å². The highest BCUT2D eigenvalue weighted by molar-refractivity contribution is 7.98. The molecule has 0 atom stereocenters. The first-order valence-electron chi connectivity index (χ1n) is 7.97. The molecule has 0 aliphatic heterocycles. The number of fused-ring (bicyclic) bond motifs is 3. The van der Waals surface area contributed by atoms with Gasteiger partial charge in [0.15, 0.2) is 11.0 Å². The van der Waals surface area contributed by atoms with Crippen LogP contribution in [0, 0.1) is 6.92 Å². The molecule has 4 aromatic rings. The van der Waals surface area contributed by atoms with E-state index in [0.29, 0.717) is 40.3 Å². The number of thioether (sulfide) groups is 1. The molecular weight excluding hydrogens is 340 g/mol. The zero-order valence-corrected chi connectivity index (χ0v) is 14.7. The van der Waals surface area contributed by atoms with Crippen molar-refractivity contribution in [2.24, 2.45) is 0 Å². The first-order chi connectivity index (χ1) is 12.2. The fourth-order valence-electron chi connectivity index (χ4n) is 2.78. The summed E-state index contributed by atoms with van der Waals surface area (Å²) in [6.07, 6.45) is 0.838. The van der Waals surface area contributed by atoms with Crippen molar-refractivity contribution in [1.29, 1.82) is 0 Å². The van der Waals surface area contributed by atoms with Gasteiger partial charge in [0.2, 0.25) is 11.7 Å². The van der Waals surface area contributed by atoms with Gasteiger partial charge in [-0.2, -0.15) is 4.98 Å². The zero-order valence-electron chi connectivity index (χ0n) is 13.8. The highest BCUT2D eigenvalue weighted by atomic mass is 32.2. The number of hydrogen-bond acceptors (Lipinski definition) is 7. The molecule has 4 rings (SSSR count). The summed E-state index contributed by atoms with van der Waals surface area (Å²) >= 11 is 1.45. The molecule has 1 aromatic carbocycles. The molecule has 0 bridgehead atoms. The number of aryl methyl sites for hydroxylation is 2. The SMILES string of the molecule is CCCn1c(=O)c2ccccc2n2c(SCc3nc(C)no3)nnc12. The topological polar surface area (TPSA) is 91.1 Å². The van der Waals surface area contributed by atoms with Crippen LogP contribution in [0.2, 0.25) is 0 Å². The lowest BCUT2D eigenvalue weighted by Crippen LogP contribution is -2.23. The summed E-state index contributed by atoms with van der Waals surface area (Å²) in [6.45, 7) is 4.40. The monoisotopic (exact) mass is 356 g/mol. The number of benzene rings is 1. The van der Waals surface area contributed by atoms with E-state index in [9.17, 15) is 4.79 Å². The minimum Gasteiger partial charge on any atom is -0.338 e. The van der Waals surface area contributed by atoms with Gasteiger partial charge < -0.3 is 4.52 Å². The normalized spacial score (nSPS) is 11.6. The molecule has 0 unspecified atom stereocenters. The standard InChI is InChI=1S/C16H16N6O2S/c1-3-8-21-14(23)11-6-4-5-7-12(11)22-15(21)18-19-16(22)25-9-13-17-10(2)20-24-13/h4-7H,3,8-9H2,1-2H3. The van der Waals surface area contributed by atoms with Gasteiger partial charge in [0, 0.05) is 6.54 Å². The van der Waals surface area contributed by atoms with Crippen LogP contribution in [0.25, 0.3) is 16.7 Å². The molecule has 0 saturated heterocycles. The molecule has 0 amide bonds. The highest BCUT2D eigenvalue weighted by Crippen LogP contribution is 2.24. The quantitative estimate of drug-likeness (QED) is 0.507. The second-order valence-electron chi connectivity index (χ2n) is 5.62. The van der Waals surface area contributed by atoms with E-state index in [1.165, 1.54) is 11.8 Å². The van der Waals surface area contributed by atoms with Crippen molar-refractivity contribution < 1.29 is 4.52 Å². The minimum atomic E-state index is -0.0403. The van der Waals surface area contributed by atoms with Crippen molar-refractivity contribution in [3.8, 4) is 0 Å². The molecule has 0 spiro atoms. The second kappa shape index (κ2) is 6.32. The second-order valence-corrected chi connectivity index (χ2v) is 6.56. The highest BCUT2D eigenvalue weighted by Gasteiger charge is 2.17. The number of nitrogens with zero attached hydrogens (tertiary/aromatic N) is 6. The van der Waals surface area contributed by atoms with Gasteiger partial charge in [-0.3, -0.25) is 13.8 Å². The summed E-state index contributed by atoms with van der Waals surface area (Å²) < 4.78 is 8.74. The summed E-state index contributed by atoms with van der Waals surface area (Å²) in [5, 5.41) is 13.7. The summed E-state index contributed by atoms with van der Waals surface area (Å²) in [4.78, 5) is 17.0. The van der Waals surface area contributed by atoms with Crippen molar-refractivity contribution in [3.05, 3.63) is 46.3 Å². The molecule has 3 aromatic heterocycles. The molecule has 0 aliphatic carbocycles. The lowest BCUT2D eigenvalue weighted by atomic mass is 10.2. The van der Waals surface area contributed by atoms with Crippen molar-refractivity contribution >= 4 is 28.4 Å². The number of rotatable bonds is 5. The van der Waals surface area contributed by atoms with Gasteiger partial charge in [-0.25, -0.2) is 0 Å². The van der Waals surface area contributed by atoms with Crippen LogP contribution in [0.3, 0.4) is 0 Å². The fourth-order valence-corrected chi connectivity index (χ4v) is 3.55. The van der Waals surface area contributed by atoms with E-state index >= 15 is 0 Å². The summed E-state index contributed by atoms with van der Waals surface area (Å²) in [5.74, 6) is 2.17. The van der Waals surface area contributed by atoms with Crippen LogP contribution in [-0.4, -0.2) is 29.3 Å². The lowest BCUT2D eigenvalue weighted by molar-refractivity contribution is 0.387. The van der Waals surface area contributed by atoms with Crippen LogP contribution in [0.15, 0.2) is 38.7 Å². The van der Waals surface area contributed by atoms with E-state index in [0.717, 1.165) is 11.9 Å². The molecule has 9 heteroatoms. The molecule has 25 heavy (non-hydrogen) atoms. The third-order valence-electron chi connectivity index (χ3n) is 3.82. The van der Waals surface area contributed by atoms with Crippen LogP contribution in [0.4, 0.5) is 0 Å². The van der Waals surface area contributed by atoms with Gasteiger partial charge in [0.25, 0.3) is 5.56 Å². The Kier molecular flexibility index (Phi) is 4.00. The smallest absolute Gasteiger partial charge is 0.262 e. The first-order valence-corrected chi connectivity index (χ1v) is 8.96. The molecular formula is C16H16N6O2S. The minimum absolute atomic E-state index is 0.0403. The average molecular weight is 356 g/mol. The van der Waals surface area contributed by atoms with E-state index in [-0.39, 0.29) is 5.56 Å². The van der Waals surface area contributed by atoms with Crippen molar-refractivity contribution in [2.45, 2.75) is 37.7 Å². The zero-order chi connectivity index (χ0) is 17.4. The number of para-hydroxylation sites is 1. The van der Waals surface area contributed by atoms with Crippen LogP contribution >= 0.6 is 11.8 Å². The van der Waals surface area contributed by atoms with Crippen LogP contribution in [0.1, 0.15) is 25.1 Å². The van der Waals surface area contributed by atoms with Crippen molar-refractivity contribution in [1.82, 2.24) is 29.3 Å². The molecule has 3 heterocycles. The summed E-state index contributed by atoms with van der Waals surface area (Å²) in [6, 6.07) is 7.51. The molecule has 0 N–H and O–H groups in total. The third kappa shape index (κ3) is 2.70. The Labute approximate surface area is 146 Å². The Hall–Kier alpha value is -2.68. The largest absolute Gasteiger partial charge is 0.338 e. The maximum absolute atomic E-state index is 12.8. The first kappa shape index (κ1) is 15.8. The Bertz CT molecular complexity index is 1110. The van der Waals surface area contributed by atoms with Crippen LogP contribution < -0.4 is 5.56 Å². The Balaban J connectivity index is 1.87. The molecule has 0 radical (unpaired) electrons. The summed E-state index contributed by atoms with van der Waals surface area (Å²) in [5.41, 5.74) is 0.755. The Morgan fingerprint density at radius 1 is 1.24 bits per heavy atom. The van der Waals surface area contributed by atoms with E-state index < -0.39 is 0 Å². The fraction of sp³-hybridized carbons (Fsp3) is 0.312. The van der Waals surface area contributed by atoms with E-state index in [1.807, 2.05) is 35.6 Å². The summed E-state index contributed by atoms with van der Waals surface area (Å²) in [7, 11) is 0. The van der Waals surface area contributed by atoms with E-state index in [4.69, 9.17) is 4.52 Å². The van der Waals surface area contributed by atoms with E-state index in [2.05, 4.69) is 20.3 Å². The third-order valence-corrected chi connectivity index (χ3v) is 4.73. The van der Waals surface area contributed by atoms with Crippen LogP contribution in [-0.2, 0) is 12.3 Å². The molecule has 0 fully saturated rings. The van der Waals surface area contributed by atoms with Gasteiger partial charge in [0.05, 0.1) is 16.7 Å².